The van der Waals surface area contributed by atoms with Crippen LogP contribution in [-0.4, -0.2) is 48.5 Å². The number of anilines is 3. The molecule has 3 heterocycles. The van der Waals surface area contributed by atoms with Gasteiger partial charge in [-0.15, -0.1) is 0 Å². The maximum Gasteiger partial charge on any atom is 0.229 e. The molecule has 29 heavy (non-hydrogen) atoms. The fraction of sp³-hybridized carbons (Fsp3) is 0.429. The number of carbonyl (C=O) groups is 2. The summed E-state index contributed by atoms with van der Waals surface area (Å²) in [6.07, 6.45) is 7.01. The first-order chi connectivity index (χ1) is 14.1. The van der Waals surface area contributed by atoms with Crippen molar-refractivity contribution in [2.45, 2.75) is 25.7 Å². The van der Waals surface area contributed by atoms with Crippen molar-refractivity contribution in [3.8, 4) is 5.75 Å². The van der Waals surface area contributed by atoms with Crippen molar-refractivity contribution in [1.29, 1.82) is 0 Å². The molecule has 8 nitrogen and oxygen atoms in total. The Morgan fingerprint density at radius 2 is 1.79 bits per heavy atom. The highest BCUT2D eigenvalue weighted by molar-refractivity contribution is 6.03. The van der Waals surface area contributed by atoms with Crippen molar-refractivity contribution in [2.75, 3.05) is 41.9 Å². The van der Waals surface area contributed by atoms with Crippen LogP contribution < -0.4 is 19.9 Å². The predicted octanol–water partition coefficient (Wildman–Crippen LogP) is 2.47. The van der Waals surface area contributed by atoms with Crippen LogP contribution in [0.15, 0.2) is 36.7 Å². The first-order valence-electron chi connectivity index (χ1n) is 9.96. The molecular weight excluding hydrogens is 370 g/mol. The Morgan fingerprint density at radius 1 is 1.10 bits per heavy atom. The van der Waals surface area contributed by atoms with Crippen LogP contribution in [-0.2, 0) is 9.59 Å². The molecule has 1 aromatic carbocycles. The van der Waals surface area contributed by atoms with Crippen molar-refractivity contribution in [1.82, 2.24) is 9.97 Å². The van der Waals surface area contributed by atoms with E-state index >= 15 is 0 Å². The van der Waals surface area contributed by atoms with Gasteiger partial charge in [0.1, 0.15) is 5.75 Å². The van der Waals surface area contributed by atoms with Gasteiger partial charge in [0.2, 0.25) is 17.8 Å². The zero-order valence-electron chi connectivity index (χ0n) is 16.5. The third-order valence-corrected chi connectivity index (χ3v) is 5.42. The molecule has 2 amide bonds. The van der Waals surface area contributed by atoms with Gasteiger partial charge in [0.15, 0.2) is 0 Å². The van der Waals surface area contributed by atoms with E-state index in [1.54, 1.807) is 36.5 Å². The van der Waals surface area contributed by atoms with E-state index < -0.39 is 5.92 Å². The normalized spacial score (nSPS) is 19.3. The Bertz CT molecular complexity index is 863. The lowest BCUT2D eigenvalue weighted by molar-refractivity contribution is -0.122. The van der Waals surface area contributed by atoms with Gasteiger partial charge < -0.3 is 19.9 Å². The minimum atomic E-state index is -0.411. The minimum absolute atomic E-state index is 0.0630. The average molecular weight is 395 g/mol. The number of amides is 2. The van der Waals surface area contributed by atoms with E-state index in [1.165, 1.54) is 6.42 Å². The molecule has 1 N–H and O–H groups in total. The Morgan fingerprint density at radius 3 is 2.45 bits per heavy atom. The predicted molar refractivity (Wildman–Crippen MR) is 110 cm³/mol. The van der Waals surface area contributed by atoms with Gasteiger partial charge in [-0.3, -0.25) is 9.59 Å². The third kappa shape index (κ3) is 4.31. The summed E-state index contributed by atoms with van der Waals surface area (Å²) in [7, 11) is 1.60. The average Bonchev–Trinajstić information content (AvgIpc) is 3.17. The molecule has 1 unspecified atom stereocenters. The molecule has 2 saturated heterocycles. The number of ether oxygens (including phenoxy) is 1. The number of hydrogen-bond donors (Lipinski definition) is 1. The van der Waals surface area contributed by atoms with E-state index in [9.17, 15) is 9.59 Å². The van der Waals surface area contributed by atoms with Gasteiger partial charge in [-0.25, -0.2) is 9.97 Å². The Kier molecular flexibility index (Phi) is 5.59. The highest BCUT2D eigenvalue weighted by Crippen LogP contribution is 2.27. The molecule has 0 radical (unpaired) electrons. The van der Waals surface area contributed by atoms with Gasteiger partial charge in [-0.05, 0) is 43.5 Å². The van der Waals surface area contributed by atoms with Crippen LogP contribution in [0, 0.1) is 5.92 Å². The summed E-state index contributed by atoms with van der Waals surface area (Å²) in [5.41, 5.74) is 1.31. The van der Waals surface area contributed by atoms with E-state index in [2.05, 4.69) is 20.2 Å². The number of rotatable bonds is 5. The van der Waals surface area contributed by atoms with Gasteiger partial charge in [-0.1, -0.05) is 0 Å². The van der Waals surface area contributed by atoms with E-state index in [0.717, 1.165) is 37.4 Å². The maximum absolute atomic E-state index is 12.6. The highest BCUT2D eigenvalue weighted by atomic mass is 16.5. The van der Waals surface area contributed by atoms with E-state index in [1.807, 2.05) is 12.1 Å². The Labute approximate surface area is 169 Å². The van der Waals surface area contributed by atoms with Crippen LogP contribution in [0.3, 0.4) is 0 Å². The van der Waals surface area contributed by atoms with Crippen LogP contribution in [0.25, 0.3) is 0 Å². The third-order valence-electron chi connectivity index (χ3n) is 5.42. The van der Waals surface area contributed by atoms with E-state index in [-0.39, 0.29) is 18.2 Å². The molecule has 8 heteroatoms. The molecule has 4 rings (SSSR count). The number of carbonyl (C=O) groups excluding carboxylic acids is 2. The molecule has 152 valence electrons. The molecule has 2 aliphatic rings. The molecule has 1 aromatic heterocycles. The number of nitrogens with zero attached hydrogens (tertiary/aromatic N) is 4. The number of hydrogen-bond acceptors (Lipinski definition) is 6. The number of aromatic nitrogens is 2. The quantitative estimate of drug-likeness (QED) is 0.837. The highest BCUT2D eigenvalue weighted by Gasteiger charge is 2.35. The summed E-state index contributed by atoms with van der Waals surface area (Å²) < 4.78 is 5.15. The summed E-state index contributed by atoms with van der Waals surface area (Å²) in [6.45, 7) is 2.29. The van der Waals surface area contributed by atoms with Crippen LogP contribution in [0.1, 0.15) is 25.7 Å². The largest absolute Gasteiger partial charge is 0.497 e. The first-order valence-corrected chi connectivity index (χ1v) is 9.96. The lowest BCUT2D eigenvalue weighted by Gasteiger charge is -2.26. The van der Waals surface area contributed by atoms with Gasteiger partial charge in [0, 0.05) is 31.7 Å². The van der Waals surface area contributed by atoms with Crippen molar-refractivity contribution < 1.29 is 14.3 Å². The number of methoxy groups -OCH3 is 1. The van der Waals surface area contributed by atoms with Gasteiger partial charge in [0.05, 0.1) is 31.1 Å². The number of benzene rings is 1. The molecule has 0 spiro atoms. The van der Waals surface area contributed by atoms with Crippen LogP contribution in [0.2, 0.25) is 0 Å². The van der Waals surface area contributed by atoms with Gasteiger partial charge >= 0.3 is 0 Å². The minimum Gasteiger partial charge on any atom is -0.497 e. The van der Waals surface area contributed by atoms with Crippen molar-refractivity contribution >= 4 is 29.1 Å². The molecular formula is C21H25N5O3. The van der Waals surface area contributed by atoms with Crippen LogP contribution in [0.4, 0.5) is 17.3 Å². The summed E-state index contributed by atoms with van der Waals surface area (Å²) >= 11 is 0. The molecule has 0 aliphatic carbocycles. The van der Waals surface area contributed by atoms with Crippen molar-refractivity contribution in [3.63, 3.8) is 0 Å². The summed E-state index contributed by atoms with van der Waals surface area (Å²) in [5, 5.41) is 2.84. The molecule has 0 saturated carbocycles. The monoisotopic (exact) mass is 395 g/mol. The summed E-state index contributed by atoms with van der Waals surface area (Å²) in [5.74, 6) is 0.759. The van der Waals surface area contributed by atoms with Crippen molar-refractivity contribution in [3.05, 3.63) is 36.7 Å². The smallest absolute Gasteiger partial charge is 0.229 e. The first kappa shape index (κ1) is 19.2. The zero-order valence-corrected chi connectivity index (χ0v) is 16.5. The SMILES string of the molecule is COc1ccc(N2CC(C(=O)Nc3cnc(N4CCCCC4)nc3)CC2=O)cc1. The van der Waals surface area contributed by atoms with Gasteiger partial charge in [0.25, 0.3) is 0 Å². The molecule has 2 fully saturated rings. The summed E-state index contributed by atoms with van der Waals surface area (Å²) in [4.78, 5) is 37.6. The second kappa shape index (κ2) is 8.46. The van der Waals surface area contributed by atoms with Crippen LogP contribution in [0.5, 0.6) is 5.75 Å². The Balaban J connectivity index is 1.36. The Hall–Kier alpha value is -3.16. The molecule has 2 aromatic rings. The van der Waals surface area contributed by atoms with E-state index in [4.69, 9.17) is 4.74 Å². The fourth-order valence-corrected chi connectivity index (χ4v) is 3.78. The molecule has 2 aliphatic heterocycles. The second-order valence-electron chi connectivity index (χ2n) is 7.41. The molecule has 1 atom stereocenters. The van der Waals surface area contributed by atoms with Crippen LogP contribution >= 0.6 is 0 Å². The maximum atomic E-state index is 12.6. The zero-order chi connectivity index (χ0) is 20.2. The van der Waals surface area contributed by atoms with Crippen molar-refractivity contribution in [2.24, 2.45) is 5.92 Å². The lowest BCUT2D eigenvalue weighted by Crippen LogP contribution is -2.31. The lowest BCUT2D eigenvalue weighted by atomic mass is 10.1. The second-order valence-corrected chi connectivity index (χ2v) is 7.41. The topological polar surface area (TPSA) is 87.7 Å². The standard InChI is InChI=1S/C21H25N5O3/c1-29-18-7-5-17(6-8-18)26-14-15(11-19(26)27)20(28)24-16-12-22-21(23-13-16)25-9-3-2-4-10-25/h5-8,12-13,15H,2-4,9-11,14H2,1H3,(H,24,28). The van der Waals surface area contributed by atoms with E-state index in [0.29, 0.717) is 18.2 Å². The molecule has 0 bridgehead atoms. The number of nitrogens with one attached hydrogen (secondary N) is 1. The number of piperidine rings is 1. The van der Waals surface area contributed by atoms with Gasteiger partial charge in [-0.2, -0.15) is 0 Å². The summed E-state index contributed by atoms with van der Waals surface area (Å²) in [6, 6.07) is 7.25. The fourth-order valence-electron chi connectivity index (χ4n) is 3.78.